The molecule has 0 saturated heterocycles. The van der Waals surface area contributed by atoms with E-state index in [2.05, 4.69) is 20.7 Å². The van der Waals surface area contributed by atoms with Crippen LogP contribution in [0.3, 0.4) is 0 Å². The summed E-state index contributed by atoms with van der Waals surface area (Å²) >= 11 is 14.9. The molecule has 0 amide bonds. The minimum absolute atomic E-state index is 0.0744. The smallest absolute Gasteiger partial charge is 0.211 e. The number of benzene rings is 1. The van der Waals surface area contributed by atoms with Gasteiger partial charge < -0.3 is 0 Å². The van der Waals surface area contributed by atoms with Gasteiger partial charge in [0.2, 0.25) is 10.0 Å². The second-order valence-corrected chi connectivity index (χ2v) is 7.93. The van der Waals surface area contributed by atoms with Crippen LogP contribution in [0, 0.1) is 5.41 Å². The molecular weight excluding hydrogens is 361 g/mol. The Morgan fingerprint density at radius 2 is 1.72 bits per heavy atom. The van der Waals surface area contributed by atoms with Gasteiger partial charge >= 0.3 is 0 Å². The Morgan fingerprint density at radius 3 is 2.17 bits per heavy atom. The number of sulfonamides is 1. The van der Waals surface area contributed by atoms with Gasteiger partial charge in [0.15, 0.2) is 0 Å². The molecule has 1 rings (SSSR count). The van der Waals surface area contributed by atoms with Crippen molar-refractivity contribution in [2.24, 2.45) is 5.41 Å². The molecule has 1 aromatic rings. The first-order valence-corrected chi connectivity index (χ1v) is 8.54. The summed E-state index contributed by atoms with van der Waals surface area (Å²) in [6.07, 6.45) is 0. The van der Waals surface area contributed by atoms with Crippen molar-refractivity contribution in [3.05, 3.63) is 28.2 Å². The van der Waals surface area contributed by atoms with Gasteiger partial charge in [0, 0.05) is 21.9 Å². The molecule has 0 spiro atoms. The van der Waals surface area contributed by atoms with Gasteiger partial charge in [0.05, 0.1) is 4.90 Å². The monoisotopic (exact) mass is 373 g/mol. The SMILES string of the molecule is CC(C)(CBr)CNS(=O)(=O)c1cc(Cl)cc(Cl)c1. The Morgan fingerprint density at radius 1 is 1.22 bits per heavy atom. The highest BCUT2D eigenvalue weighted by Crippen LogP contribution is 2.23. The van der Waals surface area contributed by atoms with Crippen LogP contribution in [0.25, 0.3) is 0 Å². The van der Waals surface area contributed by atoms with Gasteiger partial charge in [-0.3, -0.25) is 0 Å². The molecule has 0 saturated carbocycles. The van der Waals surface area contributed by atoms with Crippen molar-refractivity contribution in [1.29, 1.82) is 0 Å². The molecule has 1 aromatic carbocycles. The first-order chi connectivity index (χ1) is 8.16. The molecule has 0 aliphatic rings. The van der Waals surface area contributed by atoms with Crippen molar-refractivity contribution in [1.82, 2.24) is 4.72 Å². The van der Waals surface area contributed by atoms with Crippen molar-refractivity contribution in [3.8, 4) is 0 Å². The summed E-state index contributed by atoms with van der Waals surface area (Å²) < 4.78 is 26.7. The first-order valence-electron chi connectivity index (χ1n) is 5.18. The van der Waals surface area contributed by atoms with Crippen LogP contribution in [0.4, 0.5) is 0 Å². The van der Waals surface area contributed by atoms with Crippen molar-refractivity contribution in [3.63, 3.8) is 0 Å². The fraction of sp³-hybridized carbons (Fsp3) is 0.455. The highest BCUT2D eigenvalue weighted by molar-refractivity contribution is 9.09. The predicted octanol–water partition coefficient (Wildman–Crippen LogP) is 3.69. The maximum absolute atomic E-state index is 12.1. The molecule has 0 fully saturated rings. The van der Waals surface area contributed by atoms with Crippen molar-refractivity contribution < 1.29 is 8.42 Å². The number of hydrogen-bond acceptors (Lipinski definition) is 2. The Kier molecular flexibility index (Phi) is 5.50. The second-order valence-electron chi connectivity index (χ2n) is 4.73. The number of hydrogen-bond donors (Lipinski definition) is 1. The van der Waals surface area contributed by atoms with E-state index in [1.165, 1.54) is 18.2 Å². The molecule has 0 aliphatic heterocycles. The largest absolute Gasteiger partial charge is 0.240 e. The molecular formula is C11H14BrCl2NO2S. The van der Waals surface area contributed by atoms with Crippen LogP contribution in [0.2, 0.25) is 10.0 Å². The van der Waals surface area contributed by atoms with Crippen LogP contribution >= 0.6 is 39.1 Å². The first kappa shape index (κ1) is 16.2. The van der Waals surface area contributed by atoms with E-state index in [4.69, 9.17) is 23.2 Å². The molecule has 0 unspecified atom stereocenters. The van der Waals surface area contributed by atoms with Crippen LogP contribution in [-0.2, 0) is 10.0 Å². The fourth-order valence-electron chi connectivity index (χ4n) is 1.10. The standard InChI is InChI=1S/C11H14BrCl2NO2S/c1-11(2,6-12)7-15-18(16,17)10-4-8(13)3-9(14)5-10/h3-5,15H,6-7H2,1-2H3. The third kappa shape index (κ3) is 4.70. The topological polar surface area (TPSA) is 46.2 Å². The maximum Gasteiger partial charge on any atom is 0.240 e. The zero-order chi connectivity index (χ0) is 14.0. The fourth-order valence-corrected chi connectivity index (χ4v) is 3.27. The Hall–Kier alpha value is 0.190. The van der Waals surface area contributed by atoms with Crippen LogP contribution in [-0.4, -0.2) is 20.3 Å². The van der Waals surface area contributed by atoms with Gasteiger partial charge in [0.1, 0.15) is 0 Å². The zero-order valence-corrected chi connectivity index (χ0v) is 13.9. The van der Waals surface area contributed by atoms with Crippen LogP contribution in [0.5, 0.6) is 0 Å². The van der Waals surface area contributed by atoms with Crippen LogP contribution in [0.15, 0.2) is 23.1 Å². The highest BCUT2D eigenvalue weighted by atomic mass is 79.9. The molecule has 1 N–H and O–H groups in total. The number of halogens is 3. The van der Waals surface area contributed by atoms with E-state index in [9.17, 15) is 8.42 Å². The molecule has 3 nitrogen and oxygen atoms in total. The average Bonchev–Trinajstić information content (AvgIpc) is 2.25. The number of nitrogens with one attached hydrogen (secondary N) is 1. The van der Waals surface area contributed by atoms with Gasteiger partial charge in [-0.2, -0.15) is 0 Å². The summed E-state index contributed by atoms with van der Waals surface area (Å²) in [7, 11) is -3.59. The molecule has 0 radical (unpaired) electrons. The van der Waals surface area contributed by atoms with E-state index >= 15 is 0 Å². The second kappa shape index (κ2) is 6.09. The lowest BCUT2D eigenvalue weighted by Crippen LogP contribution is -2.34. The van der Waals surface area contributed by atoms with Gasteiger partial charge in [-0.15, -0.1) is 0 Å². The molecule has 0 aliphatic carbocycles. The van der Waals surface area contributed by atoms with E-state index in [1.54, 1.807) is 0 Å². The Labute approximate surface area is 126 Å². The van der Waals surface area contributed by atoms with E-state index in [-0.39, 0.29) is 10.3 Å². The molecule has 18 heavy (non-hydrogen) atoms. The molecule has 0 bridgehead atoms. The number of alkyl halides is 1. The van der Waals surface area contributed by atoms with Gasteiger partial charge in [-0.25, -0.2) is 13.1 Å². The summed E-state index contributed by atoms with van der Waals surface area (Å²) in [5, 5.41) is 1.28. The lowest BCUT2D eigenvalue weighted by atomic mass is 9.98. The average molecular weight is 375 g/mol. The molecule has 0 aromatic heterocycles. The summed E-state index contributed by atoms with van der Waals surface area (Å²) in [5.74, 6) is 0. The third-order valence-corrected chi connectivity index (χ3v) is 5.58. The van der Waals surface area contributed by atoms with E-state index in [0.29, 0.717) is 21.9 Å². The van der Waals surface area contributed by atoms with Gasteiger partial charge in [0.25, 0.3) is 0 Å². The number of rotatable bonds is 5. The zero-order valence-electron chi connectivity index (χ0n) is 10.0. The highest BCUT2D eigenvalue weighted by Gasteiger charge is 2.21. The maximum atomic E-state index is 12.1. The molecule has 0 atom stereocenters. The van der Waals surface area contributed by atoms with Crippen LogP contribution in [0.1, 0.15) is 13.8 Å². The molecule has 7 heteroatoms. The van der Waals surface area contributed by atoms with Crippen LogP contribution < -0.4 is 4.72 Å². The summed E-state index contributed by atoms with van der Waals surface area (Å²) in [4.78, 5) is 0.0744. The predicted molar refractivity (Wildman–Crippen MR) is 79.2 cm³/mol. The Balaban J connectivity index is 2.93. The van der Waals surface area contributed by atoms with Gasteiger partial charge in [-0.1, -0.05) is 53.0 Å². The minimum atomic E-state index is -3.59. The Bertz CT molecular complexity index is 512. The van der Waals surface area contributed by atoms with Crippen molar-refractivity contribution >= 4 is 49.2 Å². The normalized spacial score (nSPS) is 12.7. The quantitative estimate of drug-likeness (QED) is 0.798. The van der Waals surface area contributed by atoms with E-state index < -0.39 is 10.0 Å². The summed E-state index contributed by atoms with van der Waals surface area (Å²) in [5.41, 5.74) is -0.171. The lowest BCUT2D eigenvalue weighted by Gasteiger charge is -2.21. The minimum Gasteiger partial charge on any atom is -0.211 e. The molecule has 0 heterocycles. The lowest BCUT2D eigenvalue weighted by molar-refractivity contribution is 0.420. The van der Waals surface area contributed by atoms with Gasteiger partial charge in [-0.05, 0) is 23.6 Å². The summed E-state index contributed by atoms with van der Waals surface area (Å²) in [6.45, 7) is 4.23. The van der Waals surface area contributed by atoms with Crippen molar-refractivity contribution in [2.45, 2.75) is 18.7 Å². The summed E-state index contributed by atoms with van der Waals surface area (Å²) in [6, 6.07) is 4.23. The van der Waals surface area contributed by atoms with E-state index in [1.807, 2.05) is 13.8 Å². The van der Waals surface area contributed by atoms with Crippen molar-refractivity contribution in [2.75, 3.05) is 11.9 Å². The third-order valence-electron chi connectivity index (χ3n) is 2.25. The van der Waals surface area contributed by atoms with E-state index in [0.717, 1.165) is 0 Å². The molecule has 102 valence electrons.